The Kier molecular flexibility index (Phi) is 7.05. The number of benzene rings is 2. The standard InChI is InChI=1S/C27H33NO5/c1-4-21(19-20-5-9-23(30-2)10-6-20)26(13-15-27(16-14-26)32-17-18-33-27)25(29)28-22-7-11-24(31-3)12-8-22/h4-12,21H,1,13-19H2,2-3H3,(H,28,29)/t21-/m1/s1. The number of allylic oxidation sites excluding steroid dienone is 1. The van der Waals surface area contributed by atoms with E-state index in [9.17, 15) is 4.79 Å². The highest BCUT2D eigenvalue weighted by Gasteiger charge is 2.52. The van der Waals surface area contributed by atoms with Gasteiger partial charge in [-0.05, 0) is 67.1 Å². The summed E-state index contributed by atoms with van der Waals surface area (Å²) in [4.78, 5) is 13.8. The summed E-state index contributed by atoms with van der Waals surface area (Å²) in [7, 11) is 3.28. The maximum absolute atomic E-state index is 13.8. The number of hydrogen-bond donors (Lipinski definition) is 1. The van der Waals surface area contributed by atoms with Crippen molar-refractivity contribution in [2.24, 2.45) is 11.3 Å². The summed E-state index contributed by atoms with van der Waals surface area (Å²) in [5.41, 5.74) is 1.29. The topological polar surface area (TPSA) is 66.0 Å². The van der Waals surface area contributed by atoms with Gasteiger partial charge in [0, 0.05) is 18.5 Å². The van der Waals surface area contributed by atoms with E-state index in [0.717, 1.165) is 29.2 Å². The molecule has 1 saturated carbocycles. The van der Waals surface area contributed by atoms with Gasteiger partial charge in [0.25, 0.3) is 0 Å². The first kappa shape index (κ1) is 23.3. The third kappa shape index (κ3) is 4.92. The van der Waals surface area contributed by atoms with Crippen LogP contribution >= 0.6 is 0 Å². The minimum atomic E-state index is -0.609. The second kappa shape index (κ2) is 9.98. The number of carbonyl (C=O) groups is 1. The van der Waals surface area contributed by atoms with Gasteiger partial charge in [-0.2, -0.15) is 0 Å². The lowest BCUT2D eigenvalue weighted by Gasteiger charge is -2.46. The van der Waals surface area contributed by atoms with Crippen molar-refractivity contribution >= 4 is 11.6 Å². The smallest absolute Gasteiger partial charge is 0.231 e. The summed E-state index contributed by atoms with van der Waals surface area (Å²) in [6.45, 7) is 5.35. The molecule has 4 rings (SSSR count). The molecule has 1 N–H and O–H groups in total. The van der Waals surface area contributed by atoms with E-state index in [4.69, 9.17) is 18.9 Å². The Morgan fingerprint density at radius 2 is 1.52 bits per heavy atom. The first-order valence-corrected chi connectivity index (χ1v) is 11.5. The van der Waals surface area contributed by atoms with E-state index in [0.29, 0.717) is 38.9 Å². The largest absolute Gasteiger partial charge is 0.497 e. The van der Waals surface area contributed by atoms with E-state index in [1.54, 1.807) is 14.2 Å². The molecule has 1 heterocycles. The summed E-state index contributed by atoms with van der Waals surface area (Å²) in [6, 6.07) is 15.4. The van der Waals surface area contributed by atoms with Crippen molar-refractivity contribution in [2.45, 2.75) is 37.9 Å². The van der Waals surface area contributed by atoms with Gasteiger partial charge < -0.3 is 24.3 Å². The lowest BCUT2D eigenvalue weighted by Crippen LogP contribution is -2.49. The Morgan fingerprint density at radius 1 is 0.970 bits per heavy atom. The van der Waals surface area contributed by atoms with Crippen LogP contribution in [0.2, 0.25) is 0 Å². The zero-order chi connectivity index (χ0) is 23.3. The Labute approximate surface area is 195 Å². The minimum Gasteiger partial charge on any atom is -0.497 e. The van der Waals surface area contributed by atoms with Crippen molar-refractivity contribution in [1.29, 1.82) is 0 Å². The maximum Gasteiger partial charge on any atom is 0.231 e. The van der Waals surface area contributed by atoms with E-state index >= 15 is 0 Å². The molecule has 2 aliphatic rings. The summed E-state index contributed by atoms with van der Waals surface area (Å²) >= 11 is 0. The molecule has 2 fully saturated rings. The molecule has 0 bridgehead atoms. The van der Waals surface area contributed by atoms with Gasteiger partial charge in [0.2, 0.25) is 5.91 Å². The van der Waals surface area contributed by atoms with Gasteiger partial charge in [-0.25, -0.2) is 0 Å². The third-order valence-electron chi connectivity index (χ3n) is 7.13. The number of anilines is 1. The molecule has 6 heteroatoms. The van der Waals surface area contributed by atoms with Crippen LogP contribution < -0.4 is 14.8 Å². The Hall–Kier alpha value is -2.83. The molecule has 1 atom stereocenters. The van der Waals surface area contributed by atoms with Crippen molar-refractivity contribution < 1.29 is 23.7 Å². The number of methoxy groups -OCH3 is 2. The summed E-state index contributed by atoms with van der Waals surface area (Å²) in [5, 5.41) is 3.16. The first-order valence-electron chi connectivity index (χ1n) is 11.5. The zero-order valence-electron chi connectivity index (χ0n) is 19.5. The fraction of sp³-hybridized carbons (Fsp3) is 0.444. The lowest BCUT2D eigenvalue weighted by atomic mass is 9.62. The molecule has 0 unspecified atom stereocenters. The van der Waals surface area contributed by atoms with Gasteiger partial charge in [0.05, 0.1) is 32.8 Å². The molecule has 2 aromatic carbocycles. The molecule has 6 nitrogen and oxygen atoms in total. The molecule has 1 saturated heterocycles. The number of nitrogens with one attached hydrogen (secondary N) is 1. The second-order valence-corrected chi connectivity index (χ2v) is 8.84. The van der Waals surface area contributed by atoms with Crippen LogP contribution in [0.15, 0.2) is 61.2 Å². The highest BCUT2D eigenvalue weighted by molar-refractivity contribution is 5.96. The van der Waals surface area contributed by atoms with Crippen molar-refractivity contribution in [3.8, 4) is 11.5 Å². The molecule has 33 heavy (non-hydrogen) atoms. The van der Waals surface area contributed by atoms with E-state index in [1.807, 2.05) is 42.5 Å². The first-order chi connectivity index (χ1) is 16.0. The molecule has 0 radical (unpaired) electrons. The van der Waals surface area contributed by atoms with Gasteiger partial charge >= 0.3 is 0 Å². The van der Waals surface area contributed by atoms with Crippen LogP contribution in [-0.4, -0.2) is 39.1 Å². The van der Waals surface area contributed by atoms with Gasteiger partial charge in [-0.1, -0.05) is 18.2 Å². The molecule has 1 spiro atoms. The highest BCUT2D eigenvalue weighted by atomic mass is 16.7. The quantitative estimate of drug-likeness (QED) is 0.573. The average Bonchev–Trinajstić information content (AvgIpc) is 3.32. The Morgan fingerprint density at radius 3 is 2.03 bits per heavy atom. The predicted octanol–water partition coefficient (Wildman–Crippen LogP) is 4.99. The molecule has 2 aromatic rings. The highest BCUT2D eigenvalue weighted by Crippen LogP contribution is 2.50. The summed E-state index contributed by atoms with van der Waals surface area (Å²) in [5.74, 6) is 0.995. The van der Waals surface area contributed by atoms with Crippen LogP contribution in [0, 0.1) is 11.3 Å². The SMILES string of the molecule is C=C[C@H](Cc1ccc(OC)cc1)C1(C(=O)Nc2ccc(OC)cc2)CCC2(CC1)OCCO2. The van der Waals surface area contributed by atoms with Crippen molar-refractivity contribution in [1.82, 2.24) is 0 Å². The fourth-order valence-corrected chi connectivity index (χ4v) is 5.08. The summed E-state index contributed by atoms with van der Waals surface area (Å²) < 4.78 is 22.4. The molecule has 176 valence electrons. The van der Waals surface area contributed by atoms with Crippen molar-refractivity contribution in [3.63, 3.8) is 0 Å². The van der Waals surface area contributed by atoms with Gasteiger partial charge in [-0.15, -0.1) is 6.58 Å². The zero-order valence-corrected chi connectivity index (χ0v) is 19.5. The average molecular weight is 452 g/mol. The Balaban J connectivity index is 1.59. The lowest BCUT2D eigenvalue weighted by molar-refractivity contribution is -0.195. The van der Waals surface area contributed by atoms with Crippen molar-refractivity contribution in [3.05, 3.63) is 66.7 Å². The van der Waals surface area contributed by atoms with Crippen molar-refractivity contribution in [2.75, 3.05) is 32.8 Å². The number of ether oxygens (including phenoxy) is 4. The predicted molar refractivity (Wildman–Crippen MR) is 128 cm³/mol. The van der Waals surface area contributed by atoms with E-state index in [2.05, 4.69) is 24.0 Å². The molecular weight excluding hydrogens is 418 g/mol. The van der Waals surface area contributed by atoms with Crippen LogP contribution in [0.1, 0.15) is 31.2 Å². The molecule has 1 amide bonds. The van der Waals surface area contributed by atoms with E-state index in [-0.39, 0.29) is 11.8 Å². The fourth-order valence-electron chi connectivity index (χ4n) is 5.08. The second-order valence-electron chi connectivity index (χ2n) is 8.84. The maximum atomic E-state index is 13.8. The van der Waals surface area contributed by atoms with E-state index < -0.39 is 11.2 Å². The number of amides is 1. The molecule has 0 aromatic heterocycles. The number of rotatable bonds is 8. The van der Waals surface area contributed by atoms with Crippen LogP contribution in [0.4, 0.5) is 5.69 Å². The van der Waals surface area contributed by atoms with Gasteiger partial charge in [-0.3, -0.25) is 4.79 Å². The molecule has 1 aliphatic heterocycles. The van der Waals surface area contributed by atoms with Gasteiger partial charge in [0.1, 0.15) is 11.5 Å². The molecular formula is C27H33NO5. The van der Waals surface area contributed by atoms with E-state index in [1.165, 1.54) is 0 Å². The Bertz CT molecular complexity index is 937. The third-order valence-corrected chi connectivity index (χ3v) is 7.13. The van der Waals surface area contributed by atoms with Crippen LogP contribution in [0.5, 0.6) is 11.5 Å². The minimum absolute atomic E-state index is 0.0129. The number of hydrogen-bond acceptors (Lipinski definition) is 5. The van der Waals surface area contributed by atoms with Crippen LogP contribution in [-0.2, 0) is 20.7 Å². The van der Waals surface area contributed by atoms with Gasteiger partial charge in [0.15, 0.2) is 5.79 Å². The van der Waals surface area contributed by atoms with Crippen LogP contribution in [0.3, 0.4) is 0 Å². The molecule has 1 aliphatic carbocycles. The number of carbonyl (C=O) groups excluding carboxylic acids is 1. The summed E-state index contributed by atoms with van der Waals surface area (Å²) in [6.07, 6.45) is 5.38. The monoisotopic (exact) mass is 451 g/mol. The normalized spacial score (nSPS) is 19.6. The van der Waals surface area contributed by atoms with Crippen LogP contribution in [0.25, 0.3) is 0 Å².